The number of hydrogen-bond donors (Lipinski definition) is 0. The van der Waals surface area contributed by atoms with E-state index in [-0.39, 0.29) is 23.4 Å². The van der Waals surface area contributed by atoms with Gasteiger partial charge in [-0.05, 0) is 31.2 Å². The van der Waals surface area contributed by atoms with Crippen LogP contribution in [-0.4, -0.2) is 27.4 Å². The van der Waals surface area contributed by atoms with Crippen LogP contribution in [0.15, 0.2) is 58.3 Å². The molecule has 0 spiro atoms. The molecule has 0 atom stereocenters. The second kappa shape index (κ2) is 9.62. The normalized spacial score (nSPS) is 14.7. The monoisotopic (exact) mass is 440 g/mol. The summed E-state index contributed by atoms with van der Waals surface area (Å²) in [6.07, 6.45) is 7.04. The zero-order valence-corrected chi connectivity index (χ0v) is 18.3. The summed E-state index contributed by atoms with van der Waals surface area (Å²) in [4.78, 5) is 31.0. The average Bonchev–Trinajstić information content (AvgIpc) is 3.20. The molecule has 1 saturated carbocycles. The summed E-state index contributed by atoms with van der Waals surface area (Å²) < 4.78 is 7.19. The molecule has 0 saturated heterocycles. The highest BCUT2D eigenvalue weighted by molar-refractivity contribution is 7.99. The summed E-state index contributed by atoms with van der Waals surface area (Å²) in [5.41, 5.74) is 1.77. The van der Waals surface area contributed by atoms with Crippen LogP contribution in [0.1, 0.15) is 32.1 Å². The van der Waals surface area contributed by atoms with Gasteiger partial charge in [0.2, 0.25) is 0 Å². The number of thioether (sulfide) groups is 1. The molecule has 156 valence electrons. The van der Waals surface area contributed by atoms with Gasteiger partial charge >= 0.3 is 5.97 Å². The first-order chi connectivity index (χ1) is 14.7. The Morgan fingerprint density at radius 1 is 1.27 bits per heavy atom. The number of aromatic nitrogens is 2. The molecule has 2 heterocycles. The van der Waals surface area contributed by atoms with E-state index in [1.807, 2.05) is 35.7 Å². The van der Waals surface area contributed by atoms with Gasteiger partial charge in [0, 0.05) is 17.5 Å². The van der Waals surface area contributed by atoms with Crippen LogP contribution in [0, 0.1) is 0 Å². The maximum Gasteiger partial charge on any atom is 0.316 e. The predicted octanol–water partition coefficient (Wildman–Crippen LogP) is 5.28. The first-order valence-corrected chi connectivity index (χ1v) is 12.0. The fourth-order valence-corrected chi connectivity index (χ4v) is 5.54. The molecule has 0 radical (unpaired) electrons. The molecule has 1 aliphatic carbocycles. The number of ether oxygens (including phenoxy) is 1. The Hall–Kier alpha value is -2.38. The van der Waals surface area contributed by atoms with Gasteiger partial charge in [0.25, 0.3) is 5.56 Å². The number of allylic oxidation sites excluding steroid dienone is 1. The van der Waals surface area contributed by atoms with E-state index in [4.69, 9.17) is 9.72 Å². The lowest BCUT2D eigenvalue weighted by Gasteiger charge is -2.21. The molecular weight excluding hydrogens is 416 g/mol. The van der Waals surface area contributed by atoms with Crippen LogP contribution in [0.5, 0.6) is 0 Å². The largest absolute Gasteiger partial charge is 0.462 e. The van der Waals surface area contributed by atoms with Crippen LogP contribution in [0.4, 0.5) is 0 Å². The lowest BCUT2D eigenvalue weighted by atomic mass is 9.98. The van der Waals surface area contributed by atoms with Crippen molar-refractivity contribution < 1.29 is 9.53 Å². The van der Waals surface area contributed by atoms with Crippen molar-refractivity contribution in [3.8, 4) is 11.1 Å². The molecule has 1 fully saturated rings. The van der Waals surface area contributed by atoms with Crippen molar-refractivity contribution in [1.29, 1.82) is 0 Å². The molecule has 30 heavy (non-hydrogen) atoms. The van der Waals surface area contributed by atoms with Crippen LogP contribution in [0.25, 0.3) is 21.3 Å². The minimum Gasteiger partial charge on any atom is -0.462 e. The van der Waals surface area contributed by atoms with Crippen molar-refractivity contribution in [2.45, 2.75) is 49.9 Å². The van der Waals surface area contributed by atoms with Gasteiger partial charge in [-0.3, -0.25) is 14.2 Å². The third-order valence-electron chi connectivity index (χ3n) is 5.22. The van der Waals surface area contributed by atoms with Crippen molar-refractivity contribution in [3.05, 3.63) is 58.7 Å². The van der Waals surface area contributed by atoms with Crippen LogP contribution in [0.3, 0.4) is 0 Å². The maximum absolute atomic E-state index is 13.3. The van der Waals surface area contributed by atoms with Gasteiger partial charge in [-0.2, -0.15) is 0 Å². The van der Waals surface area contributed by atoms with Gasteiger partial charge in [-0.1, -0.05) is 54.6 Å². The fraction of sp³-hybridized carbons (Fsp3) is 0.348. The highest BCUT2D eigenvalue weighted by Gasteiger charge is 2.20. The molecule has 2 aromatic heterocycles. The lowest BCUT2D eigenvalue weighted by molar-refractivity contribution is -0.147. The number of rotatable bonds is 7. The molecule has 1 aromatic carbocycles. The van der Waals surface area contributed by atoms with E-state index >= 15 is 0 Å². The van der Waals surface area contributed by atoms with E-state index in [0.717, 1.165) is 36.8 Å². The Morgan fingerprint density at radius 3 is 2.77 bits per heavy atom. The third-order valence-corrected chi connectivity index (χ3v) is 7.05. The minimum absolute atomic E-state index is 0.0309. The first-order valence-electron chi connectivity index (χ1n) is 10.2. The first kappa shape index (κ1) is 20.9. The zero-order chi connectivity index (χ0) is 20.9. The number of hydrogen-bond acceptors (Lipinski definition) is 6. The second-order valence-corrected chi connectivity index (χ2v) is 9.13. The molecule has 0 amide bonds. The molecule has 0 aliphatic heterocycles. The van der Waals surface area contributed by atoms with Crippen LogP contribution >= 0.6 is 23.1 Å². The van der Waals surface area contributed by atoms with Gasteiger partial charge in [0.1, 0.15) is 10.9 Å². The summed E-state index contributed by atoms with van der Waals surface area (Å²) in [6.45, 7) is 4.11. The van der Waals surface area contributed by atoms with E-state index in [2.05, 4.69) is 6.58 Å². The Labute approximate surface area is 183 Å². The number of carbonyl (C=O) groups excluding carboxylic acids is 1. The Kier molecular flexibility index (Phi) is 6.69. The second-order valence-electron chi connectivity index (χ2n) is 7.33. The number of carbonyl (C=O) groups is 1. The van der Waals surface area contributed by atoms with E-state index in [0.29, 0.717) is 21.9 Å². The SMILES string of the molecule is C=CCn1c(SCC(=O)OC2CCCCC2)nc2scc(-c3ccccc3)c2c1=O. The van der Waals surface area contributed by atoms with Gasteiger partial charge in [0.05, 0.1) is 11.1 Å². The Morgan fingerprint density at radius 2 is 2.03 bits per heavy atom. The molecule has 7 heteroatoms. The molecule has 4 rings (SSSR count). The predicted molar refractivity (Wildman–Crippen MR) is 123 cm³/mol. The Bertz CT molecular complexity index is 1100. The maximum atomic E-state index is 13.3. The number of thiophene rings is 1. The molecule has 0 bridgehead atoms. The van der Waals surface area contributed by atoms with Crippen molar-refractivity contribution >= 4 is 39.3 Å². The number of fused-ring (bicyclic) bond motifs is 1. The molecular formula is C23H24N2O3S2. The minimum atomic E-state index is -0.248. The van der Waals surface area contributed by atoms with E-state index in [9.17, 15) is 9.59 Å². The highest BCUT2D eigenvalue weighted by atomic mass is 32.2. The summed E-state index contributed by atoms with van der Waals surface area (Å²) in [6, 6.07) is 9.84. The summed E-state index contributed by atoms with van der Waals surface area (Å²) >= 11 is 2.70. The van der Waals surface area contributed by atoms with E-state index < -0.39 is 0 Å². The summed E-state index contributed by atoms with van der Waals surface area (Å²) in [5, 5.41) is 3.11. The topological polar surface area (TPSA) is 61.2 Å². The molecule has 1 aliphatic rings. The van der Waals surface area contributed by atoms with Crippen LogP contribution in [-0.2, 0) is 16.1 Å². The van der Waals surface area contributed by atoms with Gasteiger partial charge in [-0.25, -0.2) is 4.98 Å². The van der Waals surface area contributed by atoms with Crippen molar-refractivity contribution in [2.24, 2.45) is 0 Å². The van der Waals surface area contributed by atoms with Gasteiger partial charge in [-0.15, -0.1) is 17.9 Å². The average molecular weight is 441 g/mol. The standard InChI is InChI=1S/C23H24N2O3S2/c1-2-13-25-22(27)20-18(16-9-5-3-6-10-16)14-29-21(20)24-23(25)30-15-19(26)28-17-11-7-4-8-12-17/h2-3,5-6,9-10,14,17H,1,4,7-8,11-13,15H2. The van der Waals surface area contributed by atoms with Gasteiger partial charge < -0.3 is 4.74 Å². The third kappa shape index (κ3) is 4.52. The molecule has 5 nitrogen and oxygen atoms in total. The van der Waals surface area contributed by atoms with Crippen LogP contribution < -0.4 is 5.56 Å². The van der Waals surface area contributed by atoms with Crippen molar-refractivity contribution in [2.75, 3.05) is 5.75 Å². The molecule has 0 unspecified atom stereocenters. The van der Waals surface area contributed by atoms with Crippen molar-refractivity contribution in [3.63, 3.8) is 0 Å². The van der Waals surface area contributed by atoms with E-state index in [1.165, 1.54) is 29.5 Å². The smallest absolute Gasteiger partial charge is 0.316 e. The van der Waals surface area contributed by atoms with Gasteiger partial charge in [0.15, 0.2) is 5.16 Å². The Balaban J connectivity index is 1.60. The molecule has 3 aromatic rings. The van der Waals surface area contributed by atoms with E-state index in [1.54, 1.807) is 10.6 Å². The summed E-state index contributed by atoms with van der Waals surface area (Å²) in [5.74, 6) is -0.106. The zero-order valence-electron chi connectivity index (χ0n) is 16.7. The number of benzene rings is 1. The number of esters is 1. The fourth-order valence-electron chi connectivity index (χ4n) is 3.76. The summed E-state index contributed by atoms with van der Waals surface area (Å²) in [7, 11) is 0. The van der Waals surface area contributed by atoms with Crippen molar-refractivity contribution in [1.82, 2.24) is 9.55 Å². The number of nitrogens with zero attached hydrogens (tertiary/aromatic N) is 2. The highest BCUT2D eigenvalue weighted by Crippen LogP contribution is 2.32. The van der Waals surface area contributed by atoms with Crippen LogP contribution in [0.2, 0.25) is 0 Å². The molecule has 0 N–H and O–H groups in total. The lowest BCUT2D eigenvalue weighted by Crippen LogP contribution is -2.24. The quantitative estimate of drug-likeness (QED) is 0.216.